The first kappa shape index (κ1) is 24.0. The van der Waals surface area contributed by atoms with Crippen LogP contribution in [0.1, 0.15) is 31.9 Å². The van der Waals surface area contributed by atoms with Crippen LogP contribution < -0.4 is 10.1 Å². The number of nitrogens with zero attached hydrogens (tertiary/aromatic N) is 1. The van der Waals surface area contributed by atoms with Gasteiger partial charge in [-0.05, 0) is 49.6 Å². The van der Waals surface area contributed by atoms with Gasteiger partial charge in [0, 0.05) is 23.1 Å². The zero-order chi connectivity index (χ0) is 22.3. The Morgan fingerprint density at radius 2 is 1.73 bits per heavy atom. The van der Waals surface area contributed by atoms with Gasteiger partial charge in [-0.25, -0.2) is 0 Å². The van der Waals surface area contributed by atoms with Crippen molar-refractivity contribution < 1.29 is 14.3 Å². The molecule has 0 aliphatic heterocycles. The Hall–Kier alpha value is -2.24. The van der Waals surface area contributed by atoms with Crippen LogP contribution in [0.4, 0.5) is 0 Å². The monoisotopic (exact) mass is 450 g/mol. The molecule has 0 radical (unpaired) electrons. The number of carbonyl (C=O) groups is 2. The first-order valence-electron chi connectivity index (χ1n) is 9.88. The molecule has 2 amide bonds. The van der Waals surface area contributed by atoms with Gasteiger partial charge >= 0.3 is 0 Å². The molecule has 5 nitrogen and oxygen atoms in total. The number of hydrogen-bond donors (Lipinski definition) is 1. The van der Waals surface area contributed by atoms with Crippen LogP contribution in [-0.4, -0.2) is 35.9 Å². The molecule has 2 aromatic rings. The van der Waals surface area contributed by atoms with E-state index in [2.05, 4.69) is 5.32 Å². The smallest absolute Gasteiger partial charge is 0.261 e. The number of rotatable bonds is 9. The summed E-state index contributed by atoms with van der Waals surface area (Å²) in [7, 11) is 0. The summed E-state index contributed by atoms with van der Waals surface area (Å²) < 4.78 is 5.64. The van der Waals surface area contributed by atoms with E-state index < -0.39 is 6.04 Å². The second-order valence-corrected chi connectivity index (χ2v) is 8.52. The number of aryl methyl sites for hydroxylation is 1. The lowest BCUT2D eigenvalue weighted by Gasteiger charge is -2.29. The Labute approximate surface area is 188 Å². The number of hydrogen-bond acceptors (Lipinski definition) is 3. The average molecular weight is 451 g/mol. The molecule has 0 heterocycles. The summed E-state index contributed by atoms with van der Waals surface area (Å²) in [5.41, 5.74) is 1.80. The number of carbonyl (C=O) groups excluding carboxylic acids is 2. The summed E-state index contributed by atoms with van der Waals surface area (Å²) in [6, 6.07) is 11.8. The molecule has 0 fully saturated rings. The second-order valence-electron chi connectivity index (χ2n) is 7.67. The fourth-order valence-corrected chi connectivity index (χ4v) is 3.20. The van der Waals surface area contributed by atoms with Crippen molar-refractivity contribution in [3.8, 4) is 5.75 Å². The molecule has 0 saturated heterocycles. The van der Waals surface area contributed by atoms with Crippen molar-refractivity contribution in [2.75, 3.05) is 13.2 Å². The van der Waals surface area contributed by atoms with Crippen molar-refractivity contribution in [3.05, 3.63) is 63.6 Å². The van der Waals surface area contributed by atoms with E-state index >= 15 is 0 Å². The Kier molecular flexibility index (Phi) is 9.00. The van der Waals surface area contributed by atoms with Crippen molar-refractivity contribution in [2.45, 2.75) is 40.3 Å². The van der Waals surface area contributed by atoms with Gasteiger partial charge < -0.3 is 15.0 Å². The molecule has 2 aromatic carbocycles. The first-order chi connectivity index (χ1) is 14.2. The van der Waals surface area contributed by atoms with Crippen LogP contribution in [0.3, 0.4) is 0 Å². The lowest BCUT2D eigenvalue weighted by atomic mass is 10.1. The standard InChI is InChI=1S/C23H28Cl2N2O3/c1-15(2)12-26-23(29)17(4)27(13-18-7-8-19(24)11-21(18)25)22(28)14-30-20-9-5-16(3)6-10-20/h5-11,15,17H,12-14H2,1-4H3,(H,26,29)/t17-/m0/s1. The van der Waals surface area contributed by atoms with E-state index in [0.29, 0.717) is 33.8 Å². The predicted molar refractivity (Wildman–Crippen MR) is 121 cm³/mol. The van der Waals surface area contributed by atoms with E-state index in [1.807, 2.05) is 45.0 Å². The Bertz CT molecular complexity index is 869. The highest BCUT2D eigenvalue weighted by atomic mass is 35.5. The van der Waals surface area contributed by atoms with Gasteiger partial charge in [-0.3, -0.25) is 9.59 Å². The van der Waals surface area contributed by atoms with Crippen LogP contribution in [0.15, 0.2) is 42.5 Å². The van der Waals surface area contributed by atoms with Gasteiger partial charge in [-0.1, -0.05) is 60.8 Å². The molecule has 1 atom stereocenters. The van der Waals surface area contributed by atoms with E-state index in [-0.39, 0.29) is 25.0 Å². The van der Waals surface area contributed by atoms with Crippen LogP contribution >= 0.6 is 23.2 Å². The highest BCUT2D eigenvalue weighted by Crippen LogP contribution is 2.23. The molecular weight excluding hydrogens is 423 g/mol. The molecule has 1 N–H and O–H groups in total. The molecule has 0 aliphatic rings. The van der Waals surface area contributed by atoms with E-state index in [1.165, 1.54) is 4.90 Å². The molecule has 0 aromatic heterocycles. The Morgan fingerprint density at radius 1 is 1.07 bits per heavy atom. The van der Waals surface area contributed by atoms with Gasteiger partial charge in [0.15, 0.2) is 6.61 Å². The Balaban J connectivity index is 2.16. The zero-order valence-corrected chi connectivity index (χ0v) is 19.3. The molecule has 2 rings (SSSR count). The van der Waals surface area contributed by atoms with Crippen LogP contribution in [0.5, 0.6) is 5.75 Å². The minimum absolute atomic E-state index is 0.169. The second kappa shape index (κ2) is 11.2. The van der Waals surface area contributed by atoms with Crippen LogP contribution in [0.25, 0.3) is 0 Å². The minimum Gasteiger partial charge on any atom is -0.484 e. The van der Waals surface area contributed by atoms with Crippen molar-refractivity contribution in [3.63, 3.8) is 0 Å². The normalized spacial score (nSPS) is 11.8. The largest absolute Gasteiger partial charge is 0.484 e. The van der Waals surface area contributed by atoms with E-state index in [0.717, 1.165) is 5.56 Å². The fraction of sp³-hybridized carbons (Fsp3) is 0.391. The quantitative estimate of drug-likeness (QED) is 0.592. The highest BCUT2D eigenvalue weighted by molar-refractivity contribution is 6.35. The zero-order valence-electron chi connectivity index (χ0n) is 17.7. The number of halogens is 2. The third kappa shape index (κ3) is 7.22. The molecule has 0 aliphatic carbocycles. The van der Waals surface area contributed by atoms with Crippen molar-refractivity contribution in [2.24, 2.45) is 5.92 Å². The minimum atomic E-state index is -0.690. The van der Waals surface area contributed by atoms with Crippen molar-refractivity contribution >= 4 is 35.0 Å². The van der Waals surface area contributed by atoms with E-state index in [4.69, 9.17) is 27.9 Å². The maximum absolute atomic E-state index is 13.0. The Morgan fingerprint density at radius 3 is 2.33 bits per heavy atom. The van der Waals surface area contributed by atoms with Crippen molar-refractivity contribution in [1.29, 1.82) is 0 Å². The summed E-state index contributed by atoms with van der Waals surface area (Å²) in [4.78, 5) is 27.1. The van der Waals surface area contributed by atoms with Crippen LogP contribution in [0.2, 0.25) is 10.0 Å². The van der Waals surface area contributed by atoms with Gasteiger partial charge in [0.1, 0.15) is 11.8 Å². The van der Waals surface area contributed by atoms with Crippen LogP contribution in [0, 0.1) is 12.8 Å². The van der Waals surface area contributed by atoms with Gasteiger partial charge in [0.2, 0.25) is 5.91 Å². The topological polar surface area (TPSA) is 58.6 Å². The van der Waals surface area contributed by atoms with Gasteiger partial charge in [-0.15, -0.1) is 0 Å². The maximum Gasteiger partial charge on any atom is 0.261 e. The highest BCUT2D eigenvalue weighted by Gasteiger charge is 2.27. The average Bonchev–Trinajstić information content (AvgIpc) is 2.70. The molecule has 0 bridgehead atoms. The molecule has 0 unspecified atom stereocenters. The number of benzene rings is 2. The third-order valence-electron chi connectivity index (χ3n) is 4.59. The maximum atomic E-state index is 13.0. The number of nitrogens with one attached hydrogen (secondary N) is 1. The lowest BCUT2D eigenvalue weighted by molar-refractivity contribution is -0.142. The summed E-state index contributed by atoms with van der Waals surface area (Å²) in [5, 5.41) is 3.82. The number of amides is 2. The third-order valence-corrected chi connectivity index (χ3v) is 5.18. The summed E-state index contributed by atoms with van der Waals surface area (Å²) in [6.45, 7) is 8.21. The molecule has 30 heavy (non-hydrogen) atoms. The first-order valence-corrected chi connectivity index (χ1v) is 10.6. The fourth-order valence-electron chi connectivity index (χ4n) is 2.73. The number of ether oxygens (including phenoxy) is 1. The van der Waals surface area contributed by atoms with E-state index in [1.54, 1.807) is 25.1 Å². The summed E-state index contributed by atoms with van der Waals surface area (Å²) in [6.07, 6.45) is 0. The molecule has 0 saturated carbocycles. The summed E-state index contributed by atoms with van der Waals surface area (Å²) in [5.74, 6) is 0.363. The van der Waals surface area contributed by atoms with Crippen molar-refractivity contribution in [1.82, 2.24) is 10.2 Å². The van der Waals surface area contributed by atoms with Gasteiger partial charge in [-0.2, -0.15) is 0 Å². The SMILES string of the molecule is Cc1ccc(OCC(=O)N(Cc2ccc(Cl)cc2Cl)[C@@H](C)C(=O)NCC(C)C)cc1. The molecule has 0 spiro atoms. The lowest BCUT2D eigenvalue weighted by Crippen LogP contribution is -2.49. The van der Waals surface area contributed by atoms with Gasteiger partial charge in [0.25, 0.3) is 5.91 Å². The van der Waals surface area contributed by atoms with E-state index in [9.17, 15) is 9.59 Å². The molecule has 162 valence electrons. The predicted octanol–water partition coefficient (Wildman–Crippen LogP) is 4.87. The van der Waals surface area contributed by atoms with Crippen LogP contribution in [-0.2, 0) is 16.1 Å². The summed E-state index contributed by atoms with van der Waals surface area (Å²) >= 11 is 12.3. The van der Waals surface area contributed by atoms with Gasteiger partial charge in [0.05, 0.1) is 0 Å². The molecular formula is C23H28Cl2N2O3. The molecule has 7 heteroatoms.